The molecule has 2 nitrogen and oxygen atoms in total. The summed E-state index contributed by atoms with van der Waals surface area (Å²) < 4.78 is 5.65. The van der Waals surface area contributed by atoms with Crippen molar-refractivity contribution in [2.75, 3.05) is 7.11 Å². The second-order valence-electron chi connectivity index (χ2n) is 2.99. The fraction of sp³-hybridized carbons (Fsp3) is 0.444. The van der Waals surface area contributed by atoms with Gasteiger partial charge in [0.2, 0.25) is 0 Å². The lowest BCUT2D eigenvalue weighted by atomic mass is 10.2. The van der Waals surface area contributed by atoms with Crippen molar-refractivity contribution in [2.45, 2.75) is 19.3 Å². The number of aryl methyl sites for hydroxylation is 1. The highest BCUT2D eigenvalue weighted by Gasteiger charge is 2.24. The smallest absolute Gasteiger partial charge is 0.349 e. The molecule has 0 radical (unpaired) electrons. The van der Waals surface area contributed by atoms with Crippen molar-refractivity contribution in [1.82, 2.24) is 0 Å². The predicted molar refractivity (Wildman–Crippen MR) is 55.4 cm³/mol. The van der Waals surface area contributed by atoms with Crippen molar-refractivity contribution in [3.63, 3.8) is 0 Å². The van der Waals surface area contributed by atoms with Crippen LogP contribution in [-0.2, 0) is 17.6 Å². The van der Waals surface area contributed by atoms with Crippen LogP contribution in [0.2, 0.25) is 0 Å². The number of hydrogen-bond acceptors (Lipinski definition) is 3. The Hall–Kier alpha value is -0.350. The van der Waals surface area contributed by atoms with E-state index in [9.17, 15) is 4.79 Å². The van der Waals surface area contributed by atoms with Gasteiger partial charge in [-0.2, -0.15) is 0 Å². The minimum atomic E-state index is -0.230. The van der Waals surface area contributed by atoms with Crippen LogP contribution in [0.15, 0.2) is 4.47 Å². The molecule has 0 fully saturated rings. The van der Waals surface area contributed by atoms with E-state index in [1.165, 1.54) is 24.0 Å². The summed E-state index contributed by atoms with van der Waals surface area (Å²) in [4.78, 5) is 13.4. The quantitative estimate of drug-likeness (QED) is 0.726. The van der Waals surface area contributed by atoms with Crippen LogP contribution < -0.4 is 0 Å². The van der Waals surface area contributed by atoms with Crippen LogP contribution in [0.5, 0.6) is 0 Å². The normalized spacial score (nSPS) is 14.3. The minimum Gasteiger partial charge on any atom is -0.465 e. The molecule has 0 aliphatic heterocycles. The molecular weight excluding hydrogens is 252 g/mol. The van der Waals surface area contributed by atoms with E-state index < -0.39 is 0 Å². The van der Waals surface area contributed by atoms with Crippen LogP contribution in [0.25, 0.3) is 0 Å². The average Bonchev–Trinajstić information content (AvgIpc) is 2.68. The van der Waals surface area contributed by atoms with Gasteiger partial charge in [-0.3, -0.25) is 0 Å². The molecule has 0 saturated heterocycles. The van der Waals surface area contributed by atoms with Gasteiger partial charge in [-0.15, -0.1) is 11.3 Å². The van der Waals surface area contributed by atoms with Crippen LogP contribution >= 0.6 is 27.3 Å². The number of thiophene rings is 1. The first-order valence-corrected chi connectivity index (χ1v) is 5.73. The van der Waals surface area contributed by atoms with Crippen molar-refractivity contribution >= 4 is 33.2 Å². The molecule has 1 aromatic heterocycles. The van der Waals surface area contributed by atoms with E-state index in [1.807, 2.05) is 0 Å². The van der Waals surface area contributed by atoms with E-state index >= 15 is 0 Å². The van der Waals surface area contributed by atoms with Gasteiger partial charge in [0.15, 0.2) is 0 Å². The third-order valence-corrected chi connectivity index (χ3v) is 4.64. The summed E-state index contributed by atoms with van der Waals surface area (Å²) in [6.45, 7) is 0. The molecule has 0 aromatic carbocycles. The molecule has 2 rings (SSSR count). The summed E-state index contributed by atoms with van der Waals surface area (Å²) >= 11 is 5.01. The number of carbonyl (C=O) groups excluding carboxylic acids is 1. The van der Waals surface area contributed by atoms with Crippen molar-refractivity contribution < 1.29 is 9.53 Å². The van der Waals surface area contributed by atoms with E-state index in [4.69, 9.17) is 4.74 Å². The number of rotatable bonds is 1. The molecule has 0 atom stereocenters. The number of fused-ring (bicyclic) bond motifs is 1. The lowest BCUT2D eigenvalue weighted by Gasteiger charge is -1.96. The van der Waals surface area contributed by atoms with Crippen molar-refractivity contribution in [1.29, 1.82) is 0 Å². The number of hydrogen-bond donors (Lipinski definition) is 0. The number of ether oxygens (including phenoxy) is 1. The molecular formula is C9H9BrO2S. The second kappa shape index (κ2) is 3.42. The molecule has 4 heteroatoms. The van der Waals surface area contributed by atoms with E-state index in [0.29, 0.717) is 4.88 Å². The SMILES string of the molecule is COC(=O)c1sc2c(c1Br)CCC2. The molecule has 0 bridgehead atoms. The molecule has 0 spiro atoms. The Morgan fingerprint density at radius 1 is 1.54 bits per heavy atom. The van der Waals surface area contributed by atoms with Gasteiger partial charge in [0.05, 0.1) is 7.11 Å². The molecule has 1 aliphatic rings. The largest absolute Gasteiger partial charge is 0.465 e. The number of halogens is 1. The Balaban J connectivity index is 2.44. The zero-order valence-corrected chi connectivity index (χ0v) is 9.63. The lowest BCUT2D eigenvalue weighted by Crippen LogP contribution is -1.98. The van der Waals surface area contributed by atoms with Crippen LogP contribution in [0.3, 0.4) is 0 Å². The summed E-state index contributed by atoms with van der Waals surface area (Å²) in [5.41, 5.74) is 1.31. The standard InChI is InChI=1S/C9H9BrO2S/c1-12-9(11)8-7(10)5-3-2-4-6(5)13-8/h2-4H2,1H3. The maximum atomic E-state index is 11.3. The maximum absolute atomic E-state index is 11.3. The highest BCUT2D eigenvalue weighted by atomic mass is 79.9. The Labute approximate surface area is 89.0 Å². The molecule has 70 valence electrons. The van der Waals surface area contributed by atoms with Crippen LogP contribution in [0, 0.1) is 0 Å². The first-order chi connectivity index (χ1) is 6.24. The zero-order valence-electron chi connectivity index (χ0n) is 7.22. The zero-order chi connectivity index (χ0) is 9.42. The van der Waals surface area contributed by atoms with Gasteiger partial charge in [0.25, 0.3) is 0 Å². The molecule has 13 heavy (non-hydrogen) atoms. The first-order valence-electron chi connectivity index (χ1n) is 4.12. The van der Waals surface area contributed by atoms with E-state index in [-0.39, 0.29) is 5.97 Å². The third-order valence-electron chi connectivity index (χ3n) is 2.23. The number of methoxy groups -OCH3 is 1. The Morgan fingerprint density at radius 2 is 2.31 bits per heavy atom. The number of carbonyl (C=O) groups is 1. The van der Waals surface area contributed by atoms with E-state index in [0.717, 1.165) is 17.3 Å². The average molecular weight is 261 g/mol. The monoisotopic (exact) mass is 260 g/mol. The second-order valence-corrected chi connectivity index (χ2v) is 4.89. The molecule has 0 amide bonds. The van der Waals surface area contributed by atoms with Gasteiger partial charge in [-0.1, -0.05) is 0 Å². The fourth-order valence-corrected chi connectivity index (χ4v) is 3.76. The molecule has 1 aliphatic carbocycles. The van der Waals surface area contributed by atoms with E-state index in [1.54, 1.807) is 11.3 Å². The molecule has 0 unspecified atom stereocenters. The Kier molecular flexibility index (Phi) is 2.43. The van der Waals surface area contributed by atoms with E-state index in [2.05, 4.69) is 15.9 Å². The summed E-state index contributed by atoms with van der Waals surface area (Å²) in [5.74, 6) is -0.230. The van der Waals surface area contributed by atoms with Gasteiger partial charge < -0.3 is 4.74 Å². The minimum absolute atomic E-state index is 0.230. The third kappa shape index (κ3) is 1.42. The molecule has 0 saturated carbocycles. The van der Waals surface area contributed by atoms with Crippen molar-refractivity contribution in [3.05, 3.63) is 19.8 Å². The fourth-order valence-electron chi connectivity index (χ4n) is 1.59. The molecule has 1 aromatic rings. The summed E-state index contributed by atoms with van der Waals surface area (Å²) in [6.07, 6.45) is 3.40. The topological polar surface area (TPSA) is 26.3 Å². The predicted octanol–water partition coefficient (Wildman–Crippen LogP) is 2.79. The highest BCUT2D eigenvalue weighted by Crippen LogP contribution is 2.39. The van der Waals surface area contributed by atoms with Crippen molar-refractivity contribution in [2.24, 2.45) is 0 Å². The van der Waals surface area contributed by atoms with Gasteiger partial charge in [0, 0.05) is 9.35 Å². The van der Waals surface area contributed by atoms with Crippen LogP contribution in [-0.4, -0.2) is 13.1 Å². The summed E-state index contributed by atoms with van der Waals surface area (Å²) in [7, 11) is 1.42. The van der Waals surface area contributed by atoms with Gasteiger partial charge in [0.1, 0.15) is 4.88 Å². The van der Waals surface area contributed by atoms with Crippen molar-refractivity contribution in [3.8, 4) is 0 Å². The van der Waals surface area contributed by atoms with Gasteiger partial charge in [-0.05, 0) is 40.8 Å². The Bertz CT molecular complexity index is 357. The summed E-state index contributed by atoms with van der Waals surface area (Å²) in [5, 5.41) is 0. The molecule has 1 heterocycles. The van der Waals surface area contributed by atoms with Gasteiger partial charge in [-0.25, -0.2) is 4.79 Å². The number of esters is 1. The maximum Gasteiger partial charge on any atom is 0.349 e. The molecule has 0 N–H and O–H groups in total. The lowest BCUT2D eigenvalue weighted by molar-refractivity contribution is 0.0605. The summed E-state index contributed by atoms with van der Waals surface area (Å²) in [6, 6.07) is 0. The van der Waals surface area contributed by atoms with Gasteiger partial charge >= 0.3 is 5.97 Å². The Morgan fingerprint density at radius 3 is 2.92 bits per heavy atom. The van der Waals surface area contributed by atoms with Crippen LogP contribution in [0.4, 0.5) is 0 Å². The van der Waals surface area contributed by atoms with Crippen LogP contribution in [0.1, 0.15) is 26.5 Å². The highest BCUT2D eigenvalue weighted by molar-refractivity contribution is 9.10. The first kappa shape index (κ1) is 9.21.